The monoisotopic (exact) mass is 266 g/mol. The Balaban J connectivity index is 2.18. The second-order valence-corrected chi connectivity index (χ2v) is 5.62. The van der Waals surface area contributed by atoms with Gasteiger partial charge in [0, 0.05) is 42.4 Å². The molecule has 0 unspecified atom stereocenters. The summed E-state index contributed by atoms with van der Waals surface area (Å²) in [7, 11) is 0. The summed E-state index contributed by atoms with van der Waals surface area (Å²) < 4.78 is 0. The van der Waals surface area contributed by atoms with Crippen LogP contribution in [0, 0.1) is 5.92 Å². The maximum Gasteiger partial charge on any atom is 0.0460 e. The van der Waals surface area contributed by atoms with E-state index in [0.717, 1.165) is 25.9 Å². The summed E-state index contributed by atoms with van der Waals surface area (Å²) in [5, 5.41) is 9.19. The van der Waals surface area contributed by atoms with Gasteiger partial charge in [0.2, 0.25) is 0 Å². The highest BCUT2D eigenvalue weighted by Crippen LogP contribution is 2.31. The van der Waals surface area contributed by atoms with Gasteiger partial charge < -0.3 is 15.7 Å². The van der Waals surface area contributed by atoms with E-state index in [9.17, 15) is 5.11 Å². The van der Waals surface area contributed by atoms with Crippen LogP contribution in [0.15, 0.2) is 23.1 Å². The first kappa shape index (κ1) is 13.7. The van der Waals surface area contributed by atoms with Crippen molar-refractivity contribution in [1.29, 1.82) is 0 Å². The van der Waals surface area contributed by atoms with Gasteiger partial charge in [-0.3, -0.25) is 0 Å². The second kappa shape index (κ2) is 6.45. The summed E-state index contributed by atoms with van der Waals surface area (Å²) >= 11 is 1.76. The predicted octanol–water partition coefficient (Wildman–Crippen LogP) is 2.08. The molecule has 1 fully saturated rings. The molecular weight excluding hydrogens is 244 g/mol. The minimum absolute atomic E-state index is 0.322. The minimum atomic E-state index is 0.322. The van der Waals surface area contributed by atoms with Crippen LogP contribution in [0.1, 0.15) is 18.4 Å². The fourth-order valence-electron chi connectivity index (χ4n) is 2.60. The molecule has 0 radical (unpaired) electrons. The summed E-state index contributed by atoms with van der Waals surface area (Å²) in [5.41, 5.74) is 8.44. The van der Waals surface area contributed by atoms with Crippen LogP contribution in [-0.4, -0.2) is 31.1 Å². The van der Waals surface area contributed by atoms with Gasteiger partial charge in [0.1, 0.15) is 0 Å². The van der Waals surface area contributed by atoms with Gasteiger partial charge in [0.15, 0.2) is 0 Å². The van der Waals surface area contributed by atoms with Crippen molar-refractivity contribution in [3.63, 3.8) is 0 Å². The third-order valence-corrected chi connectivity index (χ3v) is 4.57. The molecule has 0 saturated carbocycles. The summed E-state index contributed by atoms with van der Waals surface area (Å²) in [6, 6.07) is 6.41. The zero-order valence-electron chi connectivity index (χ0n) is 10.9. The van der Waals surface area contributed by atoms with Crippen LogP contribution in [0.5, 0.6) is 0 Å². The molecule has 1 aromatic carbocycles. The molecule has 0 aliphatic carbocycles. The molecule has 3 nitrogen and oxygen atoms in total. The van der Waals surface area contributed by atoms with Gasteiger partial charge in [-0.15, -0.1) is 11.8 Å². The number of piperidine rings is 1. The number of aliphatic hydroxyl groups is 1. The van der Waals surface area contributed by atoms with Crippen molar-refractivity contribution in [2.45, 2.75) is 24.3 Å². The van der Waals surface area contributed by atoms with Crippen LogP contribution in [0.3, 0.4) is 0 Å². The zero-order chi connectivity index (χ0) is 13.0. The van der Waals surface area contributed by atoms with Crippen molar-refractivity contribution < 1.29 is 5.11 Å². The molecule has 0 atom stereocenters. The number of hydrogen-bond acceptors (Lipinski definition) is 4. The zero-order valence-corrected chi connectivity index (χ0v) is 11.7. The van der Waals surface area contributed by atoms with Crippen LogP contribution in [0.2, 0.25) is 0 Å². The topological polar surface area (TPSA) is 49.5 Å². The van der Waals surface area contributed by atoms with Crippen molar-refractivity contribution >= 4 is 17.4 Å². The maximum atomic E-state index is 9.19. The first-order chi connectivity index (χ1) is 8.80. The van der Waals surface area contributed by atoms with E-state index < -0.39 is 0 Å². The Hall–Kier alpha value is -0.710. The second-order valence-electron chi connectivity index (χ2n) is 4.78. The number of aliphatic hydroxyl groups excluding tert-OH is 1. The standard InChI is InChI=1S/C14H22N2OS/c1-18-14-4-2-3-13(12(14)9-15)16-7-5-11(10-17)6-8-16/h2-4,11,17H,5-10,15H2,1H3. The van der Waals surface area contributed by atoms with E-state index in [1.807, 2.05) is 0 Å². The smallest absolute Gasteiger partial charge is 0.0460 e. The summed E-state index contributed by atoms with van der Waals surface area (Å²) in [4.78, 5) is 3.69. The number of benzene rings is 1. The fourth-order valence-corrected chi connectivity index (χ4v) is 3.25. The van der Waals surface area contributed by atoms with Gasteiger partial charge in [0.25, 0.3) is 0 Å². The third kappa shape index (κ3) is 2.82. The van der Waals surface area contributed by atoms with Crippen LogP contribution in [0.25, 0.3) is 0 Å². The van der Waals surface area contributed by atoms with Gasteiger partial charge in [-0.2, -0.15) is 0 Å². The average Bonchev–Trinajstić information content (AvgIpc) is 2.46. The average molecular weight is 266 g/mol. The number of nitrogens with zero attached hydrogens (tertiary/aromatic N) is 1. The number of anilines is 1. The van der Waals surface area contributed by atoms with Crippen molar-refractivity contribution in [2.24, 2.45) is 11.7 Å². The largest absolute Gasteiger partial charge is 0.396 e. The van der Waals surface area contributed by atoms with E-state index in [-0.39, 0.29) is 0 Å². The molecule has 0 spiro atoms. The lowest BCUT2D eigenvalue weighted by Crippen LogP contribution is -2.35. The molecular formula is C14H22N2OS. The highest BCUT2D eigenvalue weighted by molar-refractivity contribution is 7.98. The third-order valence-electron chi connectivity index (χ3n) is 3.75. The van der Waals surface area contributed by atoms with Crippen LogP contribution in [-0.2, 0) is 6.54 Å². The molecule has 0 amide bonds. The molecule has 100 valence electrons. The number of hydrogen-bond donors (Lipinski definition) is 2. The first-order valence-electron chi connectivity index (χ1n) is 6.52. The van der Waals surface area contributed by atoms with Crippen molar-refractivity contribution in [2.75, 3.05) is 30.9 Å². The Morgan fingerprint density at radius 2 is 2.11 bits per heavy atom. The number of rotatable bonds is 4. The Morgan fingerprint density at radius 3 is 2.67 bits per heavy atom. The molecule has 18 heavy (non-hydrogen) atoms. The molecule has 0 aromatic heterocycles. The summed E-state index contributed by atoms with van der Waals surface area (Å²) in [6.07, 6.45) is 4.24. The maximum absolute atomic E-state index is 9.19. The van der Waals surface area contributed by atoms with Gasteiger partial charge in [0.05, 0.1) is 0 Å². The molecule has 1 aromatic rings. The summed E-state index contributed by atoms with van der Waals surface area (Å²) in [6.45, 7) is 2.96. The molecule has 3 N–H and O–H groups in total. The molecule has 1 heterocycles. The Labute approximate surface area is 113 Å². The van der Waals surface area contributed by atoms with E-state index in [0.29, 0.717) is 19.1 Å². The van der Waals surface area contributed by atoms with Crippen molar-refractivity contribution in [3.05, 3.63) is 23.8 Å². The SMILES string of the molecule is CSc1cccc(N2CCC(CO)CC2)c1CN. The lowest BCUT2D eigenvalue weighted by atomic mass is 9.97. The van der Waals surface area contributed by atoms with Crippen LogP contribution >= 0.6 is 11.8 Å². The van der Waals surface area contributed by atoms with Crippen molar-refractivity contribution in [1.82, 2.24) is 0 Å². The van der Waals surface area contributed by atoms with Crippen LogP contribution < -0.4 is 10.6 Å². The Morgan fingerprint density at radius 1 is 1.39 bits per heavy atom. The van der Waals surface area contributed by atoms with Gasteiger partial charge in [-0.25, -0.2) is 0 Å². The first-order valence-corrected chi connectivity index (χ1v) is 7.74. The molecule has 0 bridgehead atoms. The minimum Gasteiger partial charge on any atom is -0.396 e. The lowest BCUT2D eigenvalue weighted by Gasteiger charge is -2.34. The van der Waals surface area contributed by atoms with Crippen LogP contribution in [0.4, 0.5) is 5.69 Å². The van der Waals surface area contributed by atoms with E-state index in [4.69, 9.17) is 5.73 Å². The van der Waals surface area contributed by atoms with Crippen molar-refractivity contribution in [3.8, 4) is 0 Å². The molecule has 2 rings (SSSR count). The highest BCUT2D eigenvalue weighted by atomic mass is 32.2. The molecule has 1 saturated heterocycles. The quantitative estimate of drug-likeness (QED) is 0.819. The van der Waals surface area contributed by atoms with Gasteiger partial charge >= 0.3 is 0 Å². The summed E-state index contributed by atoms with van der Waals surface area (Å²) in [5.74, 6) is 0.478. The van der Waals surface area contributed by atoms with Gasteiger partial charge in [-0.1, -0.05) is 6.07 Å². The van der Waals surface area contributed by atoms with E-state index >= 15 is 0 Å². The lowest BCUT2D eigenvalue weighted by molar-refractivity contribution is 0.203. The molecule has 1 aliphatic heterocycles. The molecule has 1 aliphatic rings. The fraction of sp³-hybridized carbons (Fsp3) is 0.571. The van der Waals surface area contributed by atoms with E-state index in [1.54, 1.807) is 11.8 Å². The van der Waals surface area contributed by atoms with Gasteiger partial charge in [-0.05, 0) is 37.1 Å². The number of nitrogens with two attached hydrogens (primary N) is 1. The molecule has 4 heteroatoms. The normalized spacial score (nSPS) is 17.2. The van der Waals surface area contributed by atoms with E-state index in [1.165, 1.54) is 16.1 Å². The van der Waals surface area contributed by atoms with E-state index in [2.05, 4.69) is 29.4 Å². The predicted molar refractivity (Wildman–Crippen MR) is 78.1 cm³/mol. The number of thioether (sulfide) groups is 1. The highest BCUT2D eigenvalue weighted by Gasteiger charge is 2.20. The Kier molecular flexibility index (Phi) is 4.92. The Bertz CT molecular complexity index is 389.